The van der Waals surface area contributed by atoms with Crippen molar-refractivity contribution in [3.8, 4) is 0 Å². The molecule has 5 rings (SSSR count). The molecule has 160 valence electrons. The molecule has 0 spiro atoms. The van der Waals surface area contributed by atoms with Crippen LogP contribution in [0.25, 0.3) is 11.3 Å². The van der Waals surface area contributed by atoms with Gasteiger partial charge in [-0.3, -0.25) is 4.40 Å². The summed E-state index contributed by atoms with van der Waals surface area (Å²) in [6.45, 7) is 1.10. The molecular weight excluding hydrogens is 417 g/mol. The summed E-state index contributed by atoms with van der Waals surface area (Å²) < 4.78 is 42.0. The minimum atomic E-state index is -4.47. The zero-order chi connectivity index (χ0) is 21.8. The molecule has 1 aliphatic heterocycles. The van der Waals surface area contributed by atoms with Gasteiger partial charge in [-0.2, -0.15) is 13.2 Å². The van der Waals surface area contributed by atoms with E-state index in [1.165, 1.54) is 15.0 Å². The molecule has 1 atom stereocenters. The third-order valence-corrected chi connectivity index (χ3v) is 5.38. The van der Waals surface area contributed by atoms with E-state index in [2.05, 4.69) is 20.3 Å². The molecule has 1 unspecified atom stereocenters. The number of nitrogens with zero attached hydrogens (tertiary/aromatic N) is 8. The molecule has 13 heteroatoms. The van der Waals surface area contributed by atoms with Gasteiger partial charge in [0.1, 0.15) is 12.0 Å². The maximum Gasteiger partial charge on any atom is 0.417 e. The number of rotatable bonds is 3. The molecule has 0 radical (unpaired) electrons. The summed E-state index contributed by atoms with van der Waals surface area (Å²) in [6.07, 6.45) is -0.826. The zero-order valence-corrected chi connectivity index (χ0v) is 15.9. The van der Waals surface area contributed by atoms with Gasteiger partial charge in [0.15, 0.2) is 11.5 Å². The first-order chi connectivity index (χ1) is 14.8. The highest BCUT2D eigenvalue weighted by atomic mass is 19.4. The highest BCUT2D eigenvalue weighted by Crippen LogP contribution is 2.32. The van der Waals surface area contributed by atoms with Crippen LogP contribution in [0, 0.1) is 10.1 Å². The first kappa shape index (κ1) is 19.2. The summed E-state index contributed by atoms with van der Waals surface area (Å²) in [7, 11) is 0. The van der Waals surface area contributed by atoms with E-state index >= 15 is 0 Å². The summed E-state index contributed by atoms with van der Waals surface area (Å²) in [5, 5.41) is 23.7. The van der Waals surface area contributed by atoms with Gasteiger partial charge in [-0.25, -0.2) is 4.98 Å². The van der Waals surface area contributed by atoms with Crippen molar-refractivity contribution in [2.75, 3.05) is 18.0 Å². The van der Waals surface area contributed by atoms with E-state index in [0.29, 0.717) is 36.0 Å². The monoisotopic (exact) mass is 432 g/mol. The second-order valence-corrected chi connectivity index (χ2v) is 7.32. The maximum atomic E-state index is 13.1. The number of halogens is 3. The number of imidazole rings is 1. The van der Waals surface area contributed by atoms with Crippen LogP contribution in [-0.4, -0.2) is 47.2 Å². The minimum absolute atomic E-state index is 0.178. The van der Waals surface area contributed by atoms with Crippen molar-refractivity contribution >= 4 is 22.9 Å². The fourth-order valence-electron chi connectivity index (χ4n) is 3.90. The molecule has 4 aromatic heterocycles. The van der Waals surface area contributed by atoms with Gasteiger partial charge >= 0.3 is 12.0 Å². The molecule has 4 aromatic rings. The molecule has 1 saturated heterocycles. The molecule has 0 aromatic carbocycles. The first-order valence-electron chi connectivity index (χ1n) is 9.47. The zero-order valence-electron chi connectivity index (χ0n) is 15.9. The van der Waals surface area contributed by atoms with E-state index in [1.54, 1.807) is 12.1 Å². The van der Waals surface area contributed by atoms with E-state index in [0.717, 1.165) is 31.3 Å². The van der Waals surface area contributed by atoms with Crippen LogP contribution in [-0.2, 0) is 6.18 Å². The lowest BCUT2D eigenvalue weighted by atomic mass is 9.97. The van der Waals surface area contributed by atoms with Crippen LogP contribution in [0.1, 0.15) is 30.1 Å². The van der Waals surface area contributed by atoms with Crippen molar-refractivity contribution in [2.24, 2.45) is 0 Å². The molecular formula is C18H15F3N8O2. The van der Waals surface area contributed by atoms with Gasteiger partial charge < -0.3 is 15.0 Å². The lowest BCUT2D eigenvalue weighted by Gasteiger charge is -2.32. The van der Waals surface area contributed by atoms with Crippen molar-refractivity contribution in [2.45, 2.75) is 24.9 Å². The fourth-order valence-corrected chi connectivity index (χ4v) is 3.90. The van der Waals surface area contributed by atoms with Crippen LogP contribution >= 0.6 is 0 Å². The topological polar surface area (TPSA) is 107 Å². The number of aromatic nitrogens is 6. The summed E-state index contributed by atoms with van der Waals surface area (Å²) in [6, 6.07) is 5.64. The van der Waals surface area contributed by atoms with Gasteiger partial charge in [-0.05, 0) is 36.0 Å². The Morgan fingerprint density at radius 1 is 1.13 bits per heavy atom. The molecule has 0 N–H and O–H groups in total. The number of nitro groups is 1. The highest BCUT2D eigenvalue weighted by Gasteiger charge is 2.32. The Morgan fingerprint density at radius 2 is 1.94 bits per heavy atom. The van der Waals surface area contributed by atoms with Crippen molar-refractivity contribution in [3.05, 3.63) is 58.2 Å². The van der Waals surface area contributed by atoms with Crippen LogP contribution in [0.15, 0.2) is 36.7 Å². The highest BCUT2D eigenvalue weighted by molar-refractivity contribution is 5.50. The molecule has 10 nitrogen and oxygen atoms in total. The number of hydrogen-bond acceptors (Lipinski definition) is 7. The quantitative estimate of drug-likeness (QED) is 0.362. The number of anilines is 1. The minimum Gasteiger partial charge on any atom is -0.358 e. The summed E-state index contributed by atoms with van der Waals surface area (Å²) in [5.41, 5.74) is -0.0749. The number of alkyl halides is 3. The average molecular weight is 432 g/mol. The Morgan fingerprint density at radius 3 is 2.71 bits per heavy atom. The van der Waals surface area contributed by atoms with E-state index in [4.69, 9.17) is 0 Å². The van der Waals surface area contributed by atoms with E-state index in [-0.39, 0.29) is 11.7 Å². The predicted octanol–water partition coefficient (Wildman–Crippen LogP) is 3.08. The first-order valence-corrected chi connectivity index (χ1v) is 9.47. The number of fused-ring (bicyclic) bond motifs is 2. The Kier molecular flexibility index (Phi) is 4.27. The molecule has 1 fully saturated rings. The molecule has 0 bridgehead atoms. The normalized spacial score (nSPS) is 17.5. The van der Waals surface area contributed by atoms with Gasteiger partial charge in [0, 0.05) is 31.3 Å². The van der Waals surface area contributed by atoms with E-state index in [9.17, 15) is 23.3 Å². The summed E-state index contributed by atoms with van der Waals surface area (Å²) in [4.78, 5) is 16.5. The molecule has 5 heterocycles. The number of piperidine rings is 1. The van der Waals surface area contributed by atoms with Gasteiger partial charge in [0.05, 0.1) is 5.56 Å². The molecule has 31 heavy (non-hydrogen) atoms. The largest absolute Gasteiger partial charge is 0.417 e. The van der Waals surface area contributed by atoms with Gasteiger partial charge in [-0.1, -0.05) is 9.61 Å². The molecule has 0 aliphatic carbocycles. The van der Waals surface area contributed by atoms with Gasteiger partial charge in [0.25, 0.3) is 0 Å². The third kappa shape index (κ3) is 3.31. The second kappa shape index (κ2) is 6.89. The van der Waals surface area contributed by atoms with Gasteiger partial charge in [0.2, 0.25) is 5.65 Å². The number of pyridine rings is 1. The Labute approximate surface area is 172 Å². The van der Waals surface area contributed by atoms with Gasteiger partial charge in [-0.15, -0.1) is 10.2 Å². The molecule has 0 saturated carbocycles. The second-order valence-electron chi connectivity index (χ2n) is 7.32. The van der Waals surface area contributed by atoms with E-state index < -0.39 is 16.7 Å². The lowest BCUT2D eigenvalue weighted by Crippen LogP contribution is -2.36. The summed E-state index contributed by atoms with van der Waals surface area (Å²) >= 11 is 0. The Balaban J connectivity index is 1.48. The fraction of sp³-hybridized carbons (Fsp3) is 0.333. The Hall–Kier alpha value is -3.77. The molecule has 0 amide bonds. The van der Waals surface area contributed by atoms with E-state index in [1.807, 2.05) is 4.90 Å². The van der Waals surface area contributed by atoms with Crippen LogP contribution in [0.3, 0.4) is 0 Å². The third-order valence-electron chi connectivity index (χ3n) is 5.38. The SMILES string of the molecule is O=[N+]([O-])c1cnc2ccc(N3CCCC(c4nnc5ccc(C(F)(F)F)cn45)C3)nn12. The lowest BCUT2D eigenvalue weighted by molar-refractivity contribution is -0.391. The average Bonchev–Trinajstić information content (AvgIpc) is 3.36. The van der Waals surface area contributed by atoms with Crippen LogP contribution in [0.5, 0.6) is 0 Å². The Bertz CT molecular complexity index is 1300. The smallest absolute Gasteiger partial charge is 0.358 e. The summed E-state index contributed by atoms with van der Waals surface area (Å²) in [5.74, 6) is 0.541. The van der Waals surface area contributed by atoms with Crippen molar-refractivity contribution in [3.63, 3.8) is 0 Å². The van der Waals surface area contributed by atoms with Crippen molar-refractivity contribution < 1.29 is 18.1 Å². The maximum absolute atomic E-state index is 13.1. The number of hydrogen-bond donors (Lipinski definition) is 0. The van der Waals surface area contributed by atoms with Crippen LogP contribution in [0.2, 0.25) is 0 Å². The van der Waals surface area contributed by atoms with Crippen LogP contribution in [0.4, 0.5) is 24.8 Å². The van der Waals surface area contributed by atoms with Crippen LogP contribution < -0.4 is 4.90 Å². The van der Waals surface area contributed by atoms with Crippen molar-refractivity contribution in [1.29, 1.82) is 0 Å². The molecule has 1 aliphatic rings. The standard InChI is InChI=1S/C18H15F3N8O2/c19-18(20,21)12-3-4-14-23-24-17(27(14)10-12)11-2-1-7-26(9-11)15-6-5-13-22-8-16(29(30)31)28(13)25-15/h3-6,8,10-11H,1-2,7,9H2. The predicted molar refractivity (Wildman–Crippen MR) is 102 cm³/mol. The van der Waals surface area contributed by atoms with Crippen molar-refractivity contribution in [1.82, 2.24) is 29.2 Å².